The SMILES string of the molecule is NCCNC(=O)C1CCCN(C2CCc3ccccc3NC2=O)C1. The molecule has 2 atom stereocenters. The Balaban J connectivity index is 1.65. The highest BCUT2D eigenvalue weighted by molar-refractivity contribution is 5.96. The number of nitrogens with one attached hydrogen (secondary N) is 2. The smallest absolute Gasteiger partial charge is 0.241 e. The van der Waals surface area contributed by atoms with Gasteiger partial charge < -0.3 is 16.4 Å². The van der Waals surface area contributed by atoms with Gasteiger partial charge in [-0.15, -0.1) is 0 Å². The quantitative estimate of drug-likeness (QED) is 0.759. The Hall–Kier alpha value is -1.92. The second kappa shape index (κ2) is 7.77. The van der Waals surface area contributed by atoms with E-state index in [0.717, 1.165) is 37.9 Å². The fourth-order valence-corrected chi connectivity index (χ4v) is 3.69. The van der Waals surface area contributed by atoms with Gasteiger partial charge in [0.2, 0.25) is 11.8 Å². The van der Waals surface area contributed by atoms with Crippen LogP contribution in [0.1, 0.15) is 24.8 Å². The van der Waals surface area contributed by atoms with Gasteiger partial charge in [-0.1, -0.05) is 18.2 Å². The van der Waals surface area contributed by atoms with E-state index in [-0.39, 0.29) is 23.8 Å². The Labute approximate surface area is 142 Å². The minimum Gasteiger partial charge on any atom is -0.355 e. The summed E-state index contributed by atoms with van der Waals surface area (Å²) in [5.74, 6) is 0.0501. The van der Waals surface area contributed by atoms with Crippen LogP contribution < -0.4 is 16.4 Å². The summed E-state index contributed by atoms with van der Waals surface area (Å²) in [6, 6.07) is 7.80. The van der Waals surface area contributed by atoms with Gasteiger partial charge in [0.15, 0.2) is 0 Å². The van der Waals surface area contributed by atoms with Crippen molar-refractivity contribution in [1.82, 2.24) is 10.2 Å². The van der Waals surface area contributed by atoms with Crippen LogP contribution >= 0.6 is 0 Å². The molecule has 6 nitrogen and oxygen atoms in total. The molecule has 0 aliphatic carbocycles. The monoisotopic (exact) mass is 330 g/mol. The number of carbonyl (C=O) groups excluding carboxylic acids is 2. The molecule has 130 valence electrons. The summed E-state index contributed by atoms with van der Waals surface area (Å²) in [6.07, 6.45) is 3.49. The van der Waals surface area contributed by atoms with Crippen LogP contribution in [0.25, 0.3) is 0 Å². The number of fused-ring (bicyclic) bond motifs is 1. The van der Waals surface area contributed by atoms with Gasteiger partial charge in [-0.3, -0.25) is 14.5 Å². The van der Waals surface area contributed by atoms with Crippen molar-refractivity contribution in [2.24, 2.45) is 11.7 Å². The van der Waals surface area contributed by atoms with Crippen molar-refractivity contribution in [2.75, 3.05) is 31.5 Å². The average molecular weight is 330 g/mol. The Bertz CT molecular complexity index is 604. The number of hydrogen-bond acceptors (Lipinski definition) is 4. The van der Waals surface area contributed by atoms with E-state index in [1.165, 1.54) is 5.56 Å². The topological polar surface area (TPSA) is 87.5 Å². The van der Waals surface area contributed by atoms with Crippen molar-refractivity contribution < 1.29 is 9.59 Å². The second-order valence-electron chi connectivity index (χ2n) is 6.61. The number of aryl methyl sites for hydroxylation is 1. The first-order chi connectivity index (χ1) is 11.7. The van der Waals surface area contributed by atoms with Crippen molar-refractivity contribution in [1.29, 1.82) is 0 Å². The Morgan fingerprint density at radius 3 is 3.00 bits per heavy atom. The maximum absolute atomic E-state index is 12.7. The third-order valence-electron chi connectivity index (χ3n) is 4.97. The number of hydrogen-bond donors (Lipinski definition) is 3. The molecular weight excluding hydrogens is 304 g/mol. The summed E-state index contributed by atoms with van der Waals surface area (Å²) in [5.41, 5.74) is 7.55. The van der Waals surface area contributed by atoms with E-state index >= 15 is 0 Å². The molecule has 2 unspecified atom stereocenters. The highest BCUT2D eigenvalue weighted by Gasteiger charge is 2.34. The highest BCUT2D eigenvalue weighted by Crippen LogP contribution is 2.26. The lowest BCUT2D eigenvalue weighted by Gasteiger charge is -2.36. The summed E-state index contributed by atoms with van der Waals surface area (Å²) in [4.78, 5) is 27.1. The molecule has 0 spiro atoms. The minimum atomic E-state index is -0.164. The van der Waals surface area contributed by atoms with Crippen molar-refractivity contribution in [3.05, 3.63) is 29.8 Å². The molecule has 0 bridgehead atoms. The fourth-order valence-electron chi connectivity index (χ4n) is 3.69. The van der Waals surface area contributed by atoms with Crippen molar-refractivity contribution in [2.45, 2.75) is 31.7 Å². The van der Waals surface area contributed by atoms with Gasteiger partial charge in [0.25, 0.3) is 0 Å². The van der Waals surface area contributed by atoms with Gasteiger partial charge >= 0.3 is 0 Å². The number of benzene rings is 1. The lowest BCUT2D eigenvalue weighted by Crippen LogP contribution is -2.51. The van der Waals surface area contributed by atoms with Crippen LogP contribution in [-0.2, 0) is 16.0 Å². The predicted octanol–water partition coefficient (Wildman–Crippen LogP) is 0.727. The van der Waals surface area contributed by atoms with Crippen molar-refractivity contribution in [3.8, 4) is 0 Å². The van der Waals surface area contributed by atoms with Gasteiger partial charge in [0.1, 0.15) is 0 Å². The molecular formula is C18H26N4O2. The molecule has 1 aromatic rings. The third kappa shape index (κ3) is 3.76. The number of amides is 2. The average Bonchev–Trinajstić information content (AvgIpc) is 2.78. The van der Waals surface area contributed by atoms with Gasteiger partial charge in [0, 0.05) is 25.3 Å². The third-order valence-corrected chi connectivity index (χ3v) is 4.97. The van der Waals surface area contributed by atoms with Gasteiger partial charge in [-0.2, -0.15) is 0 Å². The maximum Gasteiger partial charge on any atom is 0.241 e. The van der Waals surface area contributed by atoms with E-state index in [1.54, 1.807) is 0 Å². The number of anilines is 1. The van der Waals surface area contributed by atoms with Gasteiger partial charge in [0.05, 0.1) is 12.0 Å². The van der Waals surface area contributed by atoms with E-state index < -0.39 is 0 Å². The van der Waals surface area contributed by atoms with Crippen LogP contribution in [-0.4, -0.2) is 48.9 Å². The zero-order valence-corrected chi connectivity index (χ0v) is 14.0. The Morgan fingerprint density at radius 2 is 2.17 bits per heavy atom. The van der Waals surface area contributed by atoms with E-state index in [0.29, 0.717) is 19.6 Å². The molecule has 1 aromatic carbocycles. The van der Waals surface area contributed by atoms with Crippen LogP contribution in [0.15, 0.2) is 24.3 Å². The molecule has 2 amide bonds. The first-order valence-corrected chi connectivity index (χ1v) is 8.79. The maximum atomic E-state index is 12.7. The Kier molecular flexibility index (Phi) is 5.48. The molecule has 2 aliphatic rings. The minimum absolute atomic E-state index is 0.0444. The lowest BCUT2D eigenvalue weighted by atomic mass is 9.94. The van der Waals surface area contributed by atoms with Crippen LogP contribution in [0.2, 0.25) is 0 Å². The molecule has 2 aliphatic heterocycles. The number of carbonyl (C=O) groups is 2. The first kappa shape index (κ1) is 16.9. The van der Waals surface area contributed by atoms with Crippen LogP contribution in [0.5, 0.6) is 0 Å². The van der Waals surface area contributed by atoms with Crippen LogP contribution in [0, 0.1) is 5.92 Å². The lowest BCUT2D eigenvalue weighted by molar-refractivity contribution is -0.129. The van der Waals surface area contributed by atoms with Crippen molar-refractivity contribution in [3.63, 3.8) is 0 Å². The normalized spacial score (nSPS) is 24.6. The summed E-state index contributed by atoms with van der Waals surface area (Å²) in [7, 11) is 0. The molecule has 1 saturated heterocycles. The number of nitrogens with zero attached hydrogens (tertiary/aromatic N) is 1. The number of likely N-dealkylation sites (tertiary alicyclic amines) is 1. The summed E-state index contributed by atoms with van der Waals surface area (Å²) in [6.45, 7) is 2.47. The van der Waals surface area contributed by atoms with Crippen LogP contribution in [0.4, 0.5) is 5.69 Å². The standard InChI is InChI=1S/C18H26N4O2/c19-9-10-20-17(23)14-5-3-11-22(12-14)16-8-7-13-4-1-2-6-15(13)21-18(16)24/h1-2,4,6,14,16H,3,5,7-12,19H2,(H,20,23)(H,21,24). The van der Waals surface area contributed by atoms with Crippen molar-refractivity contribution >= 4 is 17.5 Å². The zero-order chi connectivity index (χ0) is 16.9. The number of nitrogens with two attached hydrogens (primary N) is 1. The van der Waals surface area contributed by atoms with E-state index in [4.69, 9.17) is 5.73 Å². The predicted molar refractivity (Wildman–Crippen MR) is 93.5 cm³/mol. The molecule has 2 heterocycles. The van der Waals surface area contributed by atoms with E-state index in [2.05, 4.69) is 21.6 Å². The van der Waals surface area contributed by atoms with E-state index in [9.17, 15) is 9.59 Å². The molecule has 4 N–H and O–H groups in total. The van der Waals surface area contributed by atoms with E-state index in [1.807, 2.05) is 18.2 Å². The molecule has 24 heavy (non-hydrogen) atoms. The molecule has 0 aromatic heterocycles. The van der Waals surface area contributed by atoms with Gasteiger partial charge in [-0.05, 0) is 43.9 Å². The van der Waals surface area contributed by atoms with Gasteiger partial charge in [-0.25, -0.2) is 0 Å². The largest absolute Gasteiger partial charge is 0.355 e. The number of para-hydroxylation sites is 1. The number of piperidine rings is 1. The second-order valence-corrected chi connectivity index (χ2v) is 6.61. The molecule has 3 rings (SSSR count). The molecule has 6 heteroatoms. The summed E-state index contributed by atoms with van der Waals surface area (Å²) in [5, 5.41) is 5.92. The highest BCUT2D eigenvalue weighted by atomic mass is 16.2. The fraction of sp³-hybridized carbons (Fsp3) is 0.556. The summed E-state index contributed by atoms with van der Waals surface area (Å²) < 4.78 is 0. The Morgan fingerprint density at radius 1 is 1.33 bits per heavy atom. The zero-order valence-electron chi connectivity index (χ0n) is 14.0. The number of rotatable bonds is 4. The molecule has 1 fully saturated rings. The summed E-state index contributed by atoms with van der Waals surface area (Å²) >= 11 is 0. The van der Waals surface area contributed by atoms with Crippen LogP contribution in [0.3, 0.4) is 0 Å². The first-order valence-electron chi connectivity index (χ1n) is 8.79. The molecule has 0 saturated carbocycles. The molecule has 0 radical (unpaired) electrons.